The molecule has 0 aliphatic heterocycles. The monoisotopic (exact) mass is 201 g/mol. The molecule has 0 unspecified atom stereocenters. The molecular formula is C10H19NO3. The number of hydrogen-bond acceptors (Lipinski definition) is 3. The second-order valence-electron chi connectivity index (χ2n) is 4.32. The third kappa shape index (κ3) is 4.37. The first-order valence-corrected chi connectivity index (χ1v) is 4.70. The maximum atomic E-state index is 11.6. The van der Waals surface area contributed by atoms with Gasteiger partial charge in [0.15, 0.2) is 0 Å². The summed E-state index contributed by atoms with van der Waals surface area (Å²) < 4.78 is 0. The Kier molecular flexibility index (Phi) is 4.77. The standard InChI is InChI=1S/C10H19NO3/c1-8(13)7-9(14)11(5-6-12)10(2,3)4/h12H,5-7H2,1-4H3. The first-order chi connectivity index (χ1) is 6.29. The lowest BCUT2D eigenvalue weighted by molar-refractivity contribution is -0.139. The number of β-amino-alcohol motifs (C(OH)–C–C–N with tert-alkyl or cyclic N) is 1. The van der Waals surface area contributed by atoms with Crippen LogP contribution in [0.15, 0.2) is 0 Å². The molecule has 0 aliphatic rings. The molecule has 0 bridgehead atoms. The fourth-order valence-corrected chi connectivity index (χ4v) is 1.24. The zero-order valence-electron chi connectivity index (χ0n) is 9.33. The van der Waals surface area contributed by atoms with Crippen LogP contribution in [0, 0.1) is 0 Å². The predicted molar refractivity (Wildman–Crippen MR) is 53.8 cm³/mol. The first kappa shape index (κ1) is 13.1. The van der Waals surface area contributed by atoms with E-state index < -0.39 is 0 Å². The average Bonchev–Trinajstić information content (AvgIpc) is 1.96. The van der Waals surface area contributed by atoms with E-state index in [1.807, 2.05) is 20.8 Å². The van der Waals surface area contributed by atoms with Crippen molar-refractivity contribution in [2.24, 2.45) is 0 Å². The van der Waals surface area contributed by atoms with E-state index in [2.05, 4.69) is 0 Å². The fraction of sp³-hybridized carbons (Fsp3) is 0.800. The minimum absolute atomic E-state index is 0.0824. The molecule has 1 amide bonds. The van der Waals surface area contributed by atoms with Crippen molar-refractivity contribution < 1.29 is 14.7 Å². The van der Waals surface area contributed by atoms with Gasteiger partial charge in [-0.2, -0.15) is 0 Å². The number of aliphatic hydroxyl groups excluding tert-OH is 1. The topological polar surface area (TPSA) is 57.6 Å². The predicted octanol–water partition coefficient (Wildman–Crippen LogP) is 0.585. The van der Waals surface area contributed by atoms with E-state index in [4.69, 9.17) is 5.11 Å². The summed E-state index contributed by atoms with van der Waals surface area (Å²) >= 11 is 0. The minimum Gasteiger partial charge on any atom is -0.395 e. The van der Waals surface area contributed by atoms with Gasteiger partial charge in [-0.25, -0.2) is 0 Å². The van der Waals surface area contributed by atoms with E-state index in [9.17, 15) is 9.59 Å². The zero-order valence-corrected chi connectivity index (χ0v) is 9.33. The molecule has 0 fully saturated rings. The van der Waals surface area contributed by atoms with Crippen LogP contribution in [0.5, 0.6) is 0 Å². The molecule has 4 nitrogen and oxygen atoms in total. The molecule has 0 aromatic heterocycles. The van der Waals surface area contributed by atoms with Crippen LogP contribution < -0.4 is 0 Å². The van der Waals surface area contributed by atoms with Crippen LogP contribution in [-0.2, 0) is 9.59 Å². The quantitative estimate of drug-likeness (QED) is 0.677. The summed E-state index contributed by atoms with van der Waals surface area (Å²) in [6.07, 6.45) is -0.0860. The highest BCUT2D eigenvalue weighted by Gasteiger charge is 2.26. The number of nitrogens with zero attached hydrogens (tertiary/aromatic N) is 1. The highest BCUT2D eigenvalue weighted by molar-refractivity contribution is 5.97. The Labute approximate surface area is 84.9 Å². The number of Topliss-reactive ketones (excluding diaryl/α,β-unsaturated/α-hetero) is 1. The van der Waals surface area contributed by atoms with E-state index in [-0.39, 0.29) is 36.8 Å². The Morgan fingerprint density at radius 2 is 1.79 bits per heavy atom. The summed E-state index contributed by atoms with van der Waals surface area (Å²) in [6, 6.07) is 0. The van der Waals surface area contributed by atoms with Crippen molar-refractivity contribution in [3.05, 3.63) is 0 Å². The lowest BCUT2D eigenvalue weighted by Gasteiger charge is -2.35. The van der Waals surface area contributed by atoms with Gasteiger partial charge in [0.25, 0.3) is 0 Å². The van der Waals surface area contributed by atoms with Crippen molar-refractivity contribution in [3.63, 3.8) is 0 Å². The van der Waals surface area contributed by atoms with Crippen molar-refractivity contribution in [2.45, 2.75) is 39.7 Å². The molecule has 0 aromatic rings. The fourth-order valence-electron chi connectivity index (χ4n) is 1.24. The van der Waals surface area contributed by atoms with Gasteiger partial charge in [0.1, 0.15) is 5.78 Å². The zero-order chi connectivity index (χ0) is 11.4. The summed E-state index contributed by atoms with van der Waals surface area (Å²) in [6.45, 7) is 7.20. The van der Waals surface area contributed by atoms with E-state index in [0.717, 1.165) is 0 Å². The van der Waals surface area contributed by atoms with Crippen molar-refractivity contribution >= 4 is 11.7 Å². The van der Waals surface area contributed by atoms with Gasteiger partial charge in [-0.15, -0.1) is 0 Å². The summed E-state index contributed by atoms with van der Waals surface area (Å²) in [5, 5.41) is 8.80. The summed E-state index contributed by atoms with van der Waals surface area (Å²) in [7, 11) is 0. The maximum Gasteiger partial charge on any atom is 0.230 e. The normalized spacial score (nSPS) is 11.2. The Morgan fingerprint density at radius 3 is 2.07 bits per heavy atom. The number of ketones is 1. The van der Waals surface area contributed by atoms with Crippen molar-refractivity contribution in [2.75, 3.05) is 13.2 Å². The first-order valence-electron chi connectivity index (χ1n) is 4.70. The van der Waals surface area contributed by atoms with Crippen LogP contribution >= 0.6 is 0 Å². The molecule has 82 valence electrons. The molecule has 0 heterocycles. The number of hydrogen-bond donors (Lipinski definition) is 1. The molecule has 4 heteroatoms. The van der Waals surface area contributed by atoms with Gasteiger partial charge in [0.05, 0.1) is 13.0 Å². The third-order valence-electron chi connectivity index (χ3n) is 1.83. The molecule has 0 aromatic carbocycles. The average molecular weight is 201 g/mol. The van der Waals surface area contributed by atoms with Crippen LogP contribution in [0.4, 0.5) is 0 Å². The van der Waals surface area contributed by atoms with Crippen molar-refractivity contribution in [3.8, 4) is 0 Å². The van der Waals surface area contributed by atoms with E-state index in [1.165, 1.54) is 11.8 Å². The van der Waals surface area contributed by atoms with Crippen LogP contribution in [0.3, 0.4) is 0 Å². The Hall–Kier alpha value is -0.900. The Morgan fingerprint density at radius 1 is 1.29 bits per heavy atom. The van der Waals surface area contributed by atoms with Crippen LogP contribution in [0.1, 0.15) is 34.1 Å². The second kappa shape index (κ2) is 5.10. The van der Waals surface area contributed by atoms with Crippen LogP contribution in [-0.4, -0.2) is 40.4 Å². The highest BCUT2D eigenvalue weighted by atomic mass is 16.3. The van der Waals surface area contributed by atoms with E-state index >= 15 is 0 Å². The Bertz CT molecular complexity index is 218. The molecule has 0 atom stereocenters. The van der Waals surface area contributed by atoms with Gasteiger partial charge < -0.3 is 10.0 Å². The second-order valence-corrected chi connectivity index (χ2v) is 4.32. The lowest BCUT2D eigenvalue weighted by Crippen LogP contribution is -2.47. The minimum atomic E-state index is -0.352. The molecule has 0 saturated heterocycles. The lowest BCUT2D eigenvalue weighted by atomic mass is 10.1. The van der Waals surface area contributed by atoms with Gasteiger partial charge in [0.2, 0.25) is 5.91 Å². The molecule has 0 saturated carbocycles. The molecule has 14 heavy (non-hydrogen) atoms. The van der Waals surface area contributed by atoms with Gasteiger partial charge in [-0.05, 0) is 27.7 Å². The summed E-state index contributed by atoms with van der Waals surface area (Å²) in [5.74, 6) is -0.374. The molecule has 0 aliphatic carbocycles. The van der Waals surface area contributed by atoms with Gasteiger partial charge >= 0.3 is 0 Å². The molecule has 0 radical (unpaired) electrons. The third-order valence-corrected chi connectivity index (χ3v) is 1.83. The van der Waals surface area contributed by atoms with Gasteiger partial charge in [-0.1, -0.05) is 0 Å². The number of rotatable bonds is 4. The van der Waals surface area contributed by atoms with Crippen LogP contribution in [0.25, 0.3) is 0 Å². The summed E-state index contributed by atoms with van der Waals surface area (Å²) in [5.41, 5.74) is -0.352. The smallest absolute Gasteiger partial charge is 0.230 e. The molecule has 1 N–H and O–H groups in total. The van der Waals surface area contributed by atoms with Gasteiger partial charge in [0, 0.05) is 12.1 Å². The van der Waals surface area contributed by atoms with Crippen molar-refractivity contribution in [1.82, 2.24) is 4.90 Å². The molecule has 0 rings (SSSR count). The Balaban J connectivity index is 4.49. The number of aliphatic hydroxyl groups is 1. The number of amides is 1. The van der Waals surface area contributed by atoms with Crippen molar-refractivity contribution in [1.29, 1.82) is 0 Å². The number of carbonyl (C=O) groups is 2. The van der Waals surface area contributed by atoms with E-state index in [0.29, 0.717) is 0 Å². The maximum absolute atomic E-state index is 11.6. The summed E-state index contributed by atoms with van der Waals surface area (Å²) in [4.78, 5) is 23.9. The largest absolute Gasteiger partial charge is 0.395 e. The highest BCUT2D eigenvalue weighted by Crippen LogP contribution is 2.14. The van der Waals surface area contributed by atoms with Gasteiger partial charge in [-0.3, -0.25) is 9.59 Å². The van der Waals surface area contributed by atoms with Crippen LogP contribution in [0.2, 0.25) is 0 Å². The number of carbonyl (C=O) groups excluding carboxylic acids is 2. The SMILES string of the molecule is CC(=O)CC(=O)N(CCO)C(C)(C)C. The molecule has 0 spiro atoms. The molecular weight excluding hydrogens is 182 g/mol. The van der Waals surface area contributed by atoms with E-state index in [1.54, 1.807) is 0 Å².